The number of nitrogens with zero attached hydrogens (tertiary/aromatic N) is 7. The molecule has 0 aliphatic heterocycles. The van der Waals surface area contributed by atoms with Gasteiger partial charge in [-0.05, 0) is 12.5 Å². The standard InChI is InChI=1S/C13H15N7O/c1-9-6-14-13(15-7-9)19(3)8-10-16-17-11-12(21)18(2)4-5-20(10)11/h4-7H,8H2,1-3H3. The first-order valence-corrected chi connectivity index (χ1v) is 6.45. The highest BCUT2D eigenvalue weighted by molar-refractivity contribution is 5.36. The van der Waals surface area contributed by atoms with E-state index >= 15 is 0 Å². The van der Waals surface area contributed by atoms with E-state index in [4.69, 9.17) is 0 Å². The Hall–Kier alpha value is -2.77. The van der Waals surface area contributed by atoms with Crippen molar-refractivity contribution in [3.8, 4) is 0 Å². The minimum absolute atomic E-state index is 0.175. The maximum atomic E-state index is 11.9. The van der Waals surface area contributed by atoms with Crippen molar-refractivity contribution >= 4 is 11.6 Å². The smallest absolute Gasteiger partial charge is 0.295 e. The SMILES string of the molecule is Cc1cnc(N(C)Cc2nnc3c(=O)n(C)ccn23)nc1. The Morgan fingerprint density at radius 3 is 2.62 bits per heavy atom. The summed E-state index contributed by atoms with van der Waals surface area (Å²) >= 11 is 0. The van der Waals surface area contributed by atoms with Crippen LogP contribution in [0.25, 0.3) is 5.65 Å². The quantitative estimate of drug-likeness (QED) is 0.682. The van der Waals surface area contributed by atoms with E-state index < -0.39 is 0 Å². The number of hydrogen-bond acceptors (Lipinski definition) is 6. The third-order valence-corrected chi connectivity index (χ3v) is 3.20. The fraction of sp³-hybridized carbons (Fsp3) is 0.308. The minimum Gasteiger partial charge on any atom is -0.336 e. The average molecular weight is 285 g/mol. The Morgan fingerprint density at radius 2 is 1.90 bits per heavy atom. The monoisotopic (exact) mass is 285 g/mol. The van der Waals surface area contributed by atoms with E-state index in [0.717, 1.165) is 5.56 Å². The second-order valence-corrected chi connectivity index (χ2v) is 4.94. The van der Waals surface area contributed by atoms with E-state index in [1.165, 1.54) is 4.57 Å². The van der Waals surface area contributed by atoms with E-state index in [2.05, 4.69) is 20.2 Å². The normalized spacial score (nSPS) is 11.0. The van der Waals surface area contributed by atoms with Crippen LogP contribution in [0.15, 0.2) is 29.6 Å². The number of aryl methyl sites for hydroxylation is 2. The van der Waals surface area contributed by atoms with Gasteiger partial charge in [0.15, 0.2) is 5.82 Å². The molecule has 0 aliphatic carbocycles. The van der Waals surface area contributed by atoms with Crippen LogP contribution in [-0.2, 0) is 13.6 Å². The van der Waals surface area contributed by atoms with Gasteiger partial charge in [-0.25, -0.2) is 9.97 Å². The van der Waals surface area contributed by atoms with Gasteiger partial charge in [-0.15, -0.1) is 10.2 Å². The van der Waals surface area contributed by atoms with Crippen molar-refractivity contribution in [3.63, 3.8) is 0 Å². The van der Waals surface area contributed by atoms with Gasteiger partial charge in [0.25, 0.3) is 5.56 Å². The maximum absolute atomic E-state index is 11.9. The third-order valence-electron chi connectivity index (χ3n) is 3.20. The van der Waals surface area contributed by atoms with Crippen molar-refractivity contribution in [2.24, 2.45) is 7.05 Å². The molecule has 3 aromatic heterocycles. The molecule has 0 spiro atoms. The molecule has 0 fully saturated rings. The Kier molecular flexibility index (Phi) is 3.13. The largest absolute Gasteiger partial charge is 0.336 e. The summed E-state index contributed by atoms with van der Waals surface area (Å²) in [6.07, 6.45) is 6.98. The zero-order valence-electron chi connectivity index (χ0n) is 12.1. The molecule has 0 radical (unpaired) electrons. The van der Waals surface area contributed by atoms with Crippen molar-refractivity contribution < 1.29 is 0 Å². The fourth-order valence-electron chi connectivity index (χ4n) is 1.99. The summed E-state index contributed by atoms with van der Waals surface area (Å²) < 4.78 is 3.16. The Bertz CT molecular complexity index is 834. The predicted octanol–water partition coefficient (Wildman–Crippen LogP) is 0.163. The van der Waals surface area contributed by atoms with Gasteiger partial charge in [0.2, 0.25) is 11.6 Å². The number of hydrogen-bond donors (Lipinski definition) is 0. The maximum Gasteiger partial charge on any atom is 0.295 e. The number of aromatic nitrogens is 6. The first-order valence-electron chi connectivity index (χ1n) is 6.45. The molecule has 0 saturated heterocycles. The molecule has 3 heterocycles. The third kappa shape index (κ3) is 2.35. The van der Waals surface area contributed by atoms with Crippen LogP contribution in [0.4, 0.5) is 5.95 Å². The molecule has 3 aromatic rings. The first kappa shape index (κ1) is 13.2. The summed E-state index contributed by atoms with van der Waals surface area (Å²) in [6, 6.07) is 0. The highest BCUT2D eigenvalue weighted by Crippen LogP contribution is 2.09. The van der Waals surface area contributed by atoms with E-state index in [0.29, 0.717) is 24.0 Å². The van der Waals surface area contributed by atoms with Crippen LogP contribution in [0.1, 0.15) is 11.4 Å². The van der Waals surface area contributed by atoms with Gasteiger partial charge < -0.3 is 9.47 Å². The highest BCUT2D eigenvalue weighted by atomic mass is 16.1. The lowest BCUT2D eigenvalue weighted by Crippen LogP contribution is -2.22. The number of anilines is 1. The second-order valence-electron chi connectivity index (χ2n) is 4.94. The number of rotatable bonds is 3. The van der Waals surface area contributed by atoms with Crippen molar-refractivity contribution in [2.75, 3.05) is 11.9 Å². The van der Waals surface area contributed by atoms with Gasteiger partial charge in [-0.3, -0.25) is 9.20 Å². The van der Waals surface area contributed by atoms with Crippen molar-refractivity contribution in [2.45, 2.75) is 13.5 Å². The van der Waals surface area contributed by atoms with Crippen molar-refractivity contribution in [1.82, 2.24) is 29.1 Å². The van der Waals surface area contributed by atoms with Gasteiger partial charge in [0.05, 0.1) is 6.54 Å². The topological polar surface area (TPSA) is 81.2 Å². The molecule has 0 amide bonds. The van der Waals surface area contributed by atoms with Crippen LogP contribution >= 0.6 is 0 Å². The molecular formula is C13H15N7O. The lowest BCUT2D eigenvalue weighted by atomic mass is 10.4. The van der Waals surface area contributed by atoms with Crippen LogP contribution < -0.4 is 10.5 Å². The van der Waals surface area contributed by atoms with E-state index in [-0.39, 0.29) is 5.56 Å². The first-order chi connectivity index (χ1) is 10.1. The molecule has 108 valence electrons. The van der Waals surface area contributed by atoms with Gasteiger partial charge in [-0.2, -0.15) is 0 Å². The van der Waals surface area contributed by atoms with Gasteiger partial charge in [0, 0.05) is 38.9 Å². The second kappa shape index (κ2) is 4.97. The van der Waals surface area contributed by atoms with Gasteiger partial charge >= 0.3 is 0 Å². The molecule has 0 saturated carbocycles. The van der Waals surface area contributed by atoms with Crippen LogP contribution in [0.3, 0.4) is 0 Å². The predicted molar refractivity (Wildman–Crippen MR) is 77.1 cm³/mol. The Labute approximate surface area is 120 Å². The Balaban J connectivity index is 1.93. The molecule has 3 rings (SSSR count). The van der Waals surface area contributed by atoms with Crippen LogP contribution in [0.2, 0.25) is 0 Å². The Morgan fingerprint density at radius 1 is 1.19 bits per heavy atom. The summed E-state index contributed by atoms with van der Waals surface area (Å²) in [7, 11) is 3.55. The zero-order valence-corrected chi connectivity index (χ0v) is 12.1. The summed E-state index contributed by atoms with van der Waals surface area (Å²) in [5.41, 5.74) is 1.14. The molecule has 0 unspecified atom stereocenters. The molecule has 0 aliphatic rings. The molecule has 8 nitrogen and oxygen atoms in total. The van der Waals surface area contributed by atoms with E-state index in [9.17, 15) is 4.79 Å². The van der Waals surface area contributed by atoms with Crippen molar-refractivity contribution in [1.29, 1.82) is 0 Å². The highest BCUT2D eigenvalue weighted by Gasteiger charge is 2.12. The fourth-order valence-corrected chi connectivity index (χ4v) is 1.99. The lowest BCUT2D eigenvalue weighted by molar-refractivity contribution is 0.783. The molecule has 21 heavy (non-hydrogen) atoms. The molecule has 0 atom stereocenters. The summed E-state index contributed by atoms with van der Waals surface area (Å²) in [5, 5.41) is 8.03. The molecular weight excluding hydrogens is 270 g/mol. The van der Waals surface area contributed by atoms with E-state index in [1.807, 2.05) is 18.9 Å². The summed E-state index contributed by atoms with van der Waals surface area (Å²) in [5.74, 6) is 1.26. The average Bonchev–Trinajstić information content (AvgIpc) is 2.87. The molecule has 0 N–H and O–H groups in total. The van der Waals surface area contributed by atoms with Crippen LogP contribution in [0.5, 0.6) is 0 Å². The minimum atomic E-state index is -0.175. The summed E-state index contributed by atoms with van der Waals surface area (Å²) in [6.45, 7) is 2.39. The zero-order chi connectivity index (χ0) is 15.0. The molecule has 8 heteroatoms. The van der Waals surface area contributed by atoms with Crippen molar-refractivity contribution in [3.05, 3.63) is 46.5 Å². The number of fused-ring (bicyclic) bond motifs is 1. The van der Waals surface area contributed by atoms with Gasteiger partial charge in [-0.1, -0.05) is 0 Å². The van der Waals surface area contributed by atoms with Crippen LogP contribution in [0, 0.1) is 6.92 Å². The molecule has 0 aromatic carbocycles. The molecule has 0 bridgehead atoms. The lowest BCUT2D eigenvalue weighted by Gasteiger charge is -2.15. The van der Waals surface area contributed by atoms with Crippen LogP contribution in [-0.4, -0.2) is 36.2 Å². The van der Waals surface area contributed by atoms with E-state index in [1.54, 1.807) is 36.2 Å². The van der Waals surface area contributed by atoms with Gasteiger partial charge in [0.1, 0.15) is 0 Å². The summed E-state index contributed by atoms with van der Waals surface area (Å²) in [4.78, 5) is 22.3.